The van der Waals surface area contributed by atoms with Crippen LogP contribution in [0.1, 0.15) is 31.5 Å². The molecule has 1 saturated heterocycles. The Hall–Kier alpha value is -0.580. The van der Waals surface area contributed by atoms with Gasteiger partial charge in [0.1, 0.15) is 5.15 Å². The second-order valence-corrected chi connectivity index (χ2v) is 5.92. The number of hydrogen-bond donors (Lipinski definition) is 1. The summed E-state index contributed by atoms with van der Waals surface area (Å²) in [4.78, 5) is 0. The molecule has 0 saturated carbocycles. The monoisotopic (exact) mass is 285 g/mol. The summed E-state index contributed by atoms with van der Waals surface area (Å²) in [6.07, 6.45) is 2.26. The maximum absolute atomic E-state index is 6.38. The molecule has 2 atom stereocenters. The van der Waals surface area contributed by atoms with Crippen molar-refractivity contribution in [2.45, 2.75) is 39.7 Å². The predicted molar refractivity (Wildman–Crippen MR) is 77.7 cm³/mol. The fraction of sp³-hybridized carbons (Fsp3) is 0.786. The van der Waals surface area contributed by atoms with Crippen molar-refractivity contribution in [3.8, 4) is 0 Å². The lowest BCUT2D eigenvalue weighted by atomic mass is 9.76. The van der Waals surface area contributed by atoms with Gasteiger partial charge in [-0.05, 0) is 33.2 Å². The van der Waals surface area contributed by atoms with E-state index in [4.69, 9.17) is 16.3 Å². The average molecular weight is 286 g/mol. The summed E-state index contributed by atoms with van der Waals surface area (Å²) in [6, 6.07) is 0. The van der Waals surface area contributed by atoms with Gasteiger partial charge in [-0.2, -0.15) is 5.10 Å². The summed E-state index contributed by atoms with van der Waals surface area (Å²) in [5.74, 6) is 0. The van der Waals surface area contributed by atoms with E-state index in [1.54, 1.807) is 4.68 Å². The lowest BCUT2D eigenvalue weighted by Gasteiger charge is -2.32. The second kappa shape index (κ2) is 5.81. The zero-order valence-corrected chi connectivity index (χ0v) is 13.0. The molecular weight excluding hydrogens is 262 g/mol. The van der Waals surface area contributed by atoms with Crippen molar-refractivity contribution in [1.82, 2.24) is 15.1 Å². The summed E-state index contributed by atoms with van der Waals surface area (Å²) in [6.45, 7) is 9.12. The minimum atomic E-state index is 0.132. The van der Waals surface area contributed by atoms with Crippen molar-refractivity contribution < 1.29 is 4.74 Å². The van der Waals surface area contributed by atoms with Crippen LogP contribution in [0.25, 0.3) is 0 Å². The molecule has 0 spiro atoms. The van der Waals surface area contributed by atoms with Crippen molar-refractivity contribution in [2.24, 2.45) is 12.5 Å². The molecule has 1 aromatic rings. The third kappa shape index (κ3) is 2.81. The Bertz CT molecular complexity index is 446. The number of aryl methyl sites for hydroxylation is 2. The third-order valence-electron chi connectivity index (χ3n) is 4.36. The molecule has 1 aromatic heterocycles. The quantitative estimate of drug-likeness (QED) is 0.902. The van der Waals surface area contributed by atoms with E-state index in [9.17, 15) is 0 Å². The van der Waals surface area contributed by atoms with Crippen molar-refractivity contribution in [1.29, 1.82) is 0 Å². The molecule has 2 unspecified atom stereocenters. The molecule has 19 heavy (non-hydrogen) atoms. The van der Waals surface area contributed by atoms with Crippen LogP contribution in [-0.4, -0.2) is 35.6 Å². The van der Waals surface area contributed by atoms with Crippen LogP contribution in [-0.2, 0) is 18.2 Å². The molecule has 4 nitrogen and oxygen atoms in total. The number of halogens is 1. The van der Waals surface area contributed by atoms with Crippen molar-refractivity contribution in [2.75, 3.05) is 19.7 Å². The number of nitrogens with one attached hydrogen (secondary N) is 1. The van der Waals surface area contributed by atoms with Crippen LogP contribution >= 0.6 is 11.6 Å². The number of aromatic nitrogens is 2. The largest absolute Gasteiger partial charge is 0.378 e. The molecule has 2 heterocycles. The zero-order chi connectivity index (χ0) is 14.0. The van der Waals surface area contributed by atoms with E-state index in [-0.39, 0.29) is 11.5 Å². The van der Waals surface area contributed by atoms with Crippen LogP contribution in [0.5, 0.6) is 0 Å². The van der Waals surface area contributed by atoms with Gasteiger partial charge in [0.05, 0.1) is 11.8 Å². The minimum Gasteiger partial charge on any atom is -0.378 e. The fourth-order valence-corrected chi connectivity index (χ4v) is 3.19. The van der Waals surface area contributed by atoms with Crippen LogP contribution in [0.2, 0.25) is 5.15 Å². The SMILES string of the molecule is CCNCC1(Cc2c(C)nn(C)c2Cl)CCOC1C. The number of ether oxygens (including phenoxy) is 1. The first-order chi connectivity index (χ1) is 9.00. The van der Waals surface area contributed by atoms with E-state index in [1.165, 1.54) is 5.56 Å². The van der Waals surface area contributed by atoms with Gasteiger partial charge in [-0.15, -0.1) is 0 Å². The van der Waals surface area contributed by atoms with Crippen molar-refractivity contribution >= 4 is 11.6 Å². The van der Waals surface area contributed by atoms with Crippen LogP contribution in [0, 0.1) is 12.3 Å². The summed E-state index contributed by atoms with van der Waals surface area (Å²) in [7, 11) is 1.89. The van der Waals surface area contributed by atoms with Crippen molar-refractivity contribution in [3.63, 3.8) is 0 Å². The Labute approximate surface area is 120 Å². The molecule has 0 aromatic carbocycles. The molecule has 5 heteroatoms. The Morgan fingerprint density at radius 1 is 1.58 bits per heavy atom. The zero-order valence-electron chi connectivity index (χ0n) is 12.3. The molecule has 2 rings (SSSR count). The Morgan fingerprint density at radius 3 is 2.79 bits per heavy atom. The highest BCUT2D eigenvalue weighted by Gasteiger charge is 2.42. The maximum atomic E-state index is 6.38. The molecule has 1 fully saturated rings. The van der Waals surface area contributed by atoms with Gasteiger partial charge in [0.15, 0.2) is 0 Å². The van der Waals surface area contributed by atoms with E-state index >= 15 is 0 Å². The van der Waals surface area contributed by atoms with E-state index in [2.05, 4.69) is 24.3 Å². The van der Waals surface area contributed by atoms with Crippen molar-refractivity contribution in [3.05, 3.63) is 16.4 Å². The van der Waals surface area contributed by atoms with Gasteiger partial charge < -0.3 is 10.1 Å². The van der Waals surface area contributed by atoms with E-state index in [0.29, 0.717) is 0 Å². The summed E-state index contributed by atoms with van der Waals surface area (Å²) in [5, 5.41) is 8.65. The number of nitrogens with zero attached hydrogens (tertiary/aromatic N) is 2. The van der Waals surface area contributed by atoms with Gasteiger partial charge in [0.2, 0.25) is 0 Å². The van der Waals surface area contributed by atoms with Gasteiger partial charge in [0.25, 0.3) is 0 Å². The van der Waals surface area contributed by atoms with E-state index in [1.807, 2.05) is 14.0 Å². The lowest BCUT2D eigenvalue weighted by molar-refractivity contribution is 0.0632. The molecule has 1 N–H and O–H groups in total. The topological polar surface area (TPSA) is 39.1 Å². The molecule has 1 aliphatic rings. The highest BCUT2D eigenvalue weighted by atomic mass is 35.5. The van der Waals surface area contributed by atoms with Gasteiger partial charge in [-0.3, -0.25) is 4.68 Å². The highest BCUT2D eigenvalue weighted by molar-refractivity contribution is 6.30. The number of rotatable bonds is 5. The molecule has 0 radical (unpaired) electrons. The summed E-state index contributed by atoms with van der Waals surface area (Å²) >= 11 is 6.38. The molecule has 0 aliphatic carbocycles. The van der Waals surface area contributed by atoms with E-state index < -0.39 is 0 Å². The predicted octanol–water partition coefficient (Wildman–Crippen LogP) is 2.33. The summed E-state index contributed by atoms with van der Waals surface area (Å²) < 4.78 is 7.57. The van der Waals surface area contributed by atoms with Gasteiger partial charge in [-0.25, -0.2) is 0 Å². The Kier molecular flexibility index (Phi) is 4.54. The Morgan fingerprint density at radius 2 is 2.32 bits per heavy atom. The average Bonchev–Trinajstić information content (AvgIpc) is 2.84. The third-order valence-corrected chi connectivity index (χ3v) is 4.83. The van der Waals surface area contributed by atoms with Crippen LogP contribution < -0.4 is 5.32 Å². The first-order valence-corrected chi connectivity index (χ1v) is 7.38. The lowest BCUT2D eigenvalue weighted by Crippen LogP contribution is -2.41. The smallest absolute Gasteiger partial charge is 0.130 e. The van der Waals surface area contributed by atoms with E-state index in [0.717, 1.165) is 43.4 Å². The van der Waals surface area contributed by atoms with Gasteiger partial charge >= 0.3 is 0 Å². The van der Waals surface area contributed by atoms with Gasteiger partial charge in [-0.1, -0.05) is 18.5 Å². The molecule has 0 bridgehead atoms. The molecular formula is C14H24ClN3O. The molecule has 108 valence electrons. The normalized spacial score (nSPS) is 27.1. The summed E-state index contributed by atoms with van der Waals surface area (Å²) in [5.41, 5.74) is 2.33. The first-order valence-electron chi connectivity index (χ1n) is 7.00. The Balaban J connectivity index is 2.25. The van der Waals surface area contributed by atoms with Crippen LogP contribution in [0.4, 0.5) is 0 Å². The number of hydrogen-bond acceptors (Lipinski definition) is 3. The molecule has 0 amide bonds. The standard InChI is InChI=1S/C14H24ClN3O/c1-5-16-9-14(6-7-19-11(14)3)8-12-10(2)17-18(4)13(12)15/h11,16H,5-9H2,1-4H3. The second-order valence-electron chi connectivity index (χ2n) is 5.56. The molecule has 1 aliphatic heterocycles. The van der Waals surface area contributed by atoms with Gasteiger partial charge in [0, 0.05) is 31.2 Å². The first kappa shape index (κ1) is 14.8. The highest BCUT2D eigenvalue weighted by Crippen LogP contribution is 2.39. The van der Waals surface area contributed by atoms with Crippen LogP contribution in [0.3, 0.4) is 0 Å². The van der Waals surface area contributed by atoms with Crippen LogP contribution in [0.15, 0.2) is 0 Å². The minimum absolute atomic E-state index is 0.132. The fourth-order valence-electron chi connectivity index (χ4n) is 2.95. The maximum Gasteiger partial charge on any atom is 0.130 e.